The van der Waals surface area contributed by atoms with Crippen molar-refractivity contribution >= 4 is 32.8 Å². The number of hydrogen-bond acceptors (Lipinski definition) is 2. The number of ether oxygens (including phenoxy) is 1. The molecule has 0 amide bonds. The van der Waals surface area contributed by atoms with Gasteiger partial charge in [0, 0.05) is 15.9 Å². The fourth-order valence-electron chi connectivity index (χ4n) is 11.0. The minimum atomic E-state index is -2.42. The van der Waals surface area contributed by atoms with Gasteiger partial charge in [-0.15, -0.1) is 0 Å². The first-order valence-electron chi connectivity index (χ1n) is 26.7. The quantitative estimate of drug-likeness (QED) is 0.142. The second-order valence-corrected chi connectivity index (χ2v) is 22.9. The average molecular weight is 1130 g/mol. The Hall–Kier alpha value is -7.33. The predicted octanol–water partition coefficient (Wildman–Crippen LogP) is 17.3. The minimum Gasteiger partial charge on any atom is -0.0579 e. The third kappa shape index (κ3) is 8.14. The van der Waals surface area contributed by atoms with Gasteiger partial charge >= 0.3 is 294 Å². The van der Waals surface area contributed by atoms with Crippen LogP contribution >= 0.6 is 0 Å². The fourth-order valence-corrected chi connectivity index (χ4v) is 12.1. The molecule has 73 heavy (non-hydrogen) atoms. The summed E-state index contributed by atoms with van der Waals surface area (Å²) >= 11 is 2.46. The van der Waals surface area contributed by atoms with Gasteiger partial charge < -0.3 is 0 Å². The topological polar surface area (TPSA) is 36.9 Å². The second-order valence-electron chi connectivity index (χ2n) is 21.9. The third-order valence-corrected chi connectivity index (χ3v) is 16.2. The van der Waals surface area contributed by atoms with Crippen molar-refractivity contribution < 1.29 is 28.2 Å². The number of rotatable bonds is 8. The molecule has 364 valence electrons. The van der Waals surface area contributed by atoms with Crippen molar-refractivity contribution in [1.29, 1.82) is 0 Å². The fraction of sp³-hybridized carbons (Fsp3) is 0.194. The van der Waals surface area contributed by atoms with Crippen LogP contribution in [0, 0.1) is 22.8 Å². The molecule has 0 atom stereocenters. The molecule has 0 aliphatic heterocycles. The van der Waals surface area contributed by atoms with Crippen molar-refractivity contribution in [3.63, 3.8) is 0 Å². The second kappa shape index (κ2) is 17.7. The molecule has 0 saturated heterocycles. The summed E-state index contributed by atoms with van der Waals surface area (Å²) in [6, 6.07) is 68.3. The summed E-state index contributed by atoms with van der Waals surface area (Å²) in [7, 11) is 0. The van der Waals surface area contributed by atoms with Crippen LogP contribution in [0.2, 0.25) is 0 Å². The third-order valence-electron chi connectivity index (χ3n) is 15.2. The Kier molecular flexibility index (Phi) is 10.5. The van der Waals surface area contributed by atoms with Crippen molar-refractivity contribution in [3.8, 4) is 62.1 Å². The van der Waals surface area contributed by atoms with E-state index in [4.69, 9.17) is 13.8 Å². The SMILES string of the molecule is [2H]C([2H])([2H])c1cc(-n2c3[c-]c(Oc4[c-]c(-n5[c](=[Pt])n(-c6c(-c7ccccc7)cccc6-c6ccccc6)c6ccccc65)ccc4)ccc3c3cc4c(cc32)C(C)(C)CCC4(C)C)ncc1-c1ccc(C(C)(C)C)cc1. The van der Waals surface area contributed by atoms with Crippen molar-refractivity contribution in [2.45, 2.75) is 84.4 Å². The Morgan fingerprint density at radius 3 is 1.79 bits per heavy atom. The van der Waals surface area contributed by atoms with Crippen molar-refractivity contribution in [1.82, 2.24) is 18.7 Å². The summed E-state index contributed by atoms with van der Waals surface area (Å²) in [6.45, 7) is 13.4. The molecule has 3 heterocycles. The number of para-hydroxylation sites is 3. The molecule has 1 aliphatic rings. The van der Waals surface area contributed by atoms with E-state index < -0.39 is 6.85 Å². The number of aryl methyl sites for hydroxylation is 1. The van der Waals surface area contributed by atoms with Gasteiger partial charge in [0.2, 0.25) is 0 Å². The monoisotopic (exact) mass is 1130 g/mol. The number of benzene rings is 8. The molecule has 11 aromatic rings. The van der Waals surface area contributed by atoms with E-state index in [0.717, 1.165) is 88.7 Å². The molecule has 6 heteroatoms. The van der Waals surface area contributed by atoms with Crippen LogP contribution in [0.5, 0.6) is 11.5 Å². The number of imidazole rings is 1. The van der Waals surface area contributed by atoms with Crippen LogP contribution in [-0.4, -0.2) is 18.7 Å². The molecule has 1 aliphatic carbocycles. The van der Waals surface area contributed by atoms with E-state index in [1.165, 1.54) is 16.7 Å². The van der Waals surface area contributed by atoms with E-state index in [1.54, 1.807) is 12.3 Å². The molecule has 0 saturated carbocycles. The number of nitrogens with zero attached hydrogens (tertiary/aromatic N) is 4. The molecule has 3 aromatic heterocycles. The summed E-state index contributed by atoms with van der Waals surface area (Å²) in [5, 5.41) is 2.03. The van der Waals surface area contributed by atoms with Gasteiger partial charge in [-0.05, 0) is 63.8 Å². The van der Waals surface area contributed by atoms with E-state index in [9.17, 15) is 0 Å². The molecule has 12 rings (SSSR count). The van der Waals surface area contributed by atoms with E-state index >= 15 is 0 Å². The van der Waals surface area contributed by atoms with Gasteiger partial charge in [0.25, 0.3) is 0 Å². The Labute approximate surface area is 444 Å². The molecular formula is C67H58N4OPt-2. The number of aromatic nitrogens is 4. The molecular weight excluding hydrogens is 1070 g/mol. The summed E-state index contributed by atoms with van der Waals surface area (Å²) in [5.41, 5.74) is 15.4. The summed E-state index contributed by atoms with van der Waals surface area (Å²) in [6.07, 6.45) is 3.86. The van der Waals surface area contributed by atoms with Gasteiger partial charge in [0.15, 0.2) is 0 Å². The normalized spacial score (nSPS) is 15.0. The van der Waals surface area contributed by atoms with Crippen LogP contribution in [0.25, 0.3) is 83.4 Å². The molecule has 0 bridgehead atoms. The molecule has 0 unspecified atom stereocenters. The Morgan fingerprint density at radius 1 is 0.562 bits per heavy atom. The maximum absolute atomic E-state index is 8.87. The Morgan fingerprint density at radius 2 is 1.15 bits per heavy atom. The smallest absolute Gasteiger partial charge is 0.0579 e. The molecule has 0 N–H and O–H groups in total. The number of fused-ring (bicyclic) bond motifs is 5. The molecule has 0 radical (unpaired) electrons. The van der Waals surface area contributed by atoms with E-state index in [1.807, 2.05) is 30.3 Å². The van der Waals surface area contributed by atoms with Crippen LogP contribution in [-0.2, 0) is 35.6 Å². The van der Waals surface area contributed by atoms with Crippen LogP contribution in [0.3, 0.4) is 0 Å². The van der Waals surface area contributed by atoms with Crippen molar-refractivity contribution in [2.75, 3.05) is 0 Å². The summed E-state index contributed by atoms with van der Waals surface area (Å²) < 4.78 is 41.1. The molecule has 8 aromatic carbocycles. The average Bonchev–Trinajstić information content (AvgIpc) is 3.93. The van der Waals surface area contributed by atoms with E-state index in [0.29, 0.717) is 22.9 Å². The zero-order chi connectivity index (χ0) is 52.9. The first-order valence-corrected chi connectivity index (χ1v) is 26.3. The van der Waals surface area contributed by atoms with E-state index in [-0.39, 0.29) is 21.8 Å². The van der Waals surface area contributed by atoms with Crippen molar-refractivity contribution in [2.24, 2.45) is 0 Å². The predicted molar refractivity (Wildman–Crippen MR) is 297 cm³/mol. The maximum atomic E-state index is 8.87. The zero-order valence-electron chi connectivity index (χ0n) is 45.2. The van der Waals surface area contributed by atoms with Gasteiger partial charge in [-0.3, -0.25) is 0 Å². The zero-order valence-corrected chi connectivity index (χ0v) is 44.5. The van der Waals surface area contributed by atoms with Gasteiger partial charge in [0.05, 0.1) is 0 Å². The van der Waals surface area contributed by atoms with Crippen LogP contribution in [0.15, 0.2) is 182 Å². The summed E-state index contributed by atoms with van der Waals surface area (Å²) in [4.78, 5) is 5.12. The first-order chi connectivity index (χ1) is 36.4. The van der Waals surface area contributed by atoms with Gasteiger partial charge in [0.1, 0.15) is 0 Å². The van der Waals surface area contributed by atoms with Crippen LogP contribution in [0.1, 0.15) is 87.7 Å². The van der Waals surface area contributed by atoms with Crippen LogP contribution < -0.4 is 4.74 Å². The number of hydrogen-bond donors (Lipinski definition) is 0. The number of pyridine rings is 1. The molecule has 0 spiro atoms. The van der Waals surface area contributed by atoms with Crippen LogP contribution in [0.4, 0.5) is 0 Å². The first kappa shape index (κ1) is 43.3. The minimum absolute atomic E-state index is 0.0322. The van der Waals surface area contributed by atoms with Gasteiger partial charge in [-0.25, -0.2) is 0 Å². The summed E-state index contributed by atoms with van der Waals surface area (Å²) in [5.74, 6) is 1.52. The standard InChI is InChI=1S/C67H58N4O.Pt/c1-44-37-63(68-42-56(44)47-29-31-48(32-30-47)65(2,3)4)71-61-39-51(33-34-54(61)55-40-57-58(41-62(55)71)67(7,8)36-35-66(57,5)6)72-50-24-17-23-49(38-50)69-43-70(60-28-16-15-27-59(60)69)64-52(45-19-11-9-12-20-45)25-18-26-53(64)46-21-13-10-14-22-46;/h9-34,37,40-42H,35-36H2,1-8H3;/q-2;/i1D3;. The molecule has 5 nitrogen and oxygen atoms in total. The molecule has 0 fully saturated rings. The Bertz CT molecular complexity index is 4060. The van der Waals surface area contributed by atoms with Crippen molar-refractivity contribution in [3.05, 3.63) is 220 Å². The van der Waals surface area contributed by atoms with E-state index in [2.05, 4.69) is 233 Å². The van der Waals surface area contributed by atoms with Gasteiger partial charge in [-0.2, -0.15) is 0 Å². The van der Waals surface area contributed by atoms with Gasteiger partial charge in [-0.1, -0.05) is 72.7 Å². The Balaban J connectivity index is 1.01.